The zero-order chi connectivity index (χ0) is 15.4. The molecule has 0 radical (unpaired) electrons. The van der Waals surface area contributed by atoms with Crippen LogP contribution in [0.5, 0.6) is 0 Å². The third-order valence-corrected chi connectivity index (χ3v) is 4.27. The van der Waals surface area contributed by atoms with Crippen molar-refractivity contribution in [1.29, 1.82) is 0 Å². The van der Waals surface area contributed by atoms with Gasteiger partial charge in [-0.1, -0.05) is 30.0 Å². The lowest BCUT2D eigenvalue weighted by molar-refractivity contribution is 1.06. The number of nitrogens with one attached hydrogen (secondary N) is 1. The Hall–Kier alpha value is -2.12. The van der Waals surface area contributed by atoms with Crippen LogP contribution in [0, 0.1) is 0 Å². The van der Waals surface area contributed by atoms with E-state index in [1.54, 1.807) is 6.20 Å². The molecule has 7 heteroatoms. The number of hydrogen-bond acceptors (Lipinski definition) is 6. The van der Waals surface area contributed by atoms with Crippen molar-refractivity contribution >= 4 is 45.0 Å². The molecule has 110 valence electrons. The van der Waals surface area contributed by atoms with Crippen LogP contribution in [0.3, 0.4) is 0 Å². The van der Waals surface area contributed by atoms with Gasteiger partial charge in [-0.25, -0.2) is 15.0 Å². The summed E-state index contributed by atoms with van der Waals surface area (Å²) < 4.78 is 0.911. The molecule has 0 amide bonds. The van der Waals surface area contributed by atoms with Crippen LogP contribution in [-0.4, -0.2) is 15.0 Å². The molecule has 0 aliphatic carbocycles. The molecule has 5 nitrogen and oxygen atoms in total. The summed E-state index contributed by atoms with van der Waals surface area (Å²) in [5.41, 5.74) is 6.66. The van der Waals surface area contributed by atoms with Gasteiger partial charge in [0.05, 0.1) is 0 Å². The van der Waals surface area contributed by atoms with Crippen LogP contribution in [-0.2, 0) is 0 Å². The first kappa shape index (κ1) is 14.8. The molecule has 1 aromatic carbocycles. The average molecular weight is 374 g/mol. The minimum absolute atomic E-state index is 0.501. The maximum atomic E-state index is 6.16. The molecule has 0 spiro atoms. The van der Waals surface area contributed by atoms with Crippen molar-refractivity contribution in [3.05, 3.63) is 59.5 Å². The lowest BCUT2D eigenvalue weighted by atomic mass is 10.4. The van der Waals surface area contributed by atoms with Crippen LogP contribution in [0.25, 0.3) is 0 Å². The van der Waals surface area contributed by atoms with E-state index in [0.717, 1.165) is 9.37 Å². The van der Waals surface area contributed by atoms with E-state index in [1.165, 1.54) is 18.1 Å². The van der Waals surface area contributed by atoms with E-state index in [-0.39, 0.29) is 0 Å². The van der Waals surface area contributed by atoms with Crippen molar-refractivity contribution in [2.75, 3.05) is 11.1 Å². The smallest absolute Gasteiger partial charge is 0.159 e. The average Bonchev–Trinajstić information content (AvgIpc) is 2.54. The lowest BCUT2D eigenvalue weighted by Crippen LogP contribution is -2.03. The van der Waals surface area contributed by atoms with Crippen LogP contribution >= 0.6 is 27.7 Å². The van der Waals surface area contributed by atoms with Crippen LogP contribution < -0.4 is 11.1 Å². The van der Waals surface area contributed by atoms with Crippen LogP contribution in [0.2, 0.25) is 0 Å². The number of rotatable bonds is 4. The zero-order valence-corrected chi connectivity index (χ0v) is 13.8. The summed E-state index contributed by atoms with van der Waals surface area (Å²) in [6.07, 6.45) is 3.20. The molecule has 0 atom stereocenters. The number of halogens is 1. The highest BCUT2D eigenvalue weighted by molar-refractivity contribution is 9.10. The lowest BCUT2D eigenvalue weighted by Gasteiger charge is -2.10. The monoisotopic (exact) mass is 373 g/mol. The minimum atomic E-state index is 0.501. The molecule has 0 fully saturated rings. The number of hydrogen-bond donors (Lipinski definition) is 2. The van der Waals surface area contributed by atoms with Crippen molar-refractivity contribution in [1.82, 2.24) is 15.0 Å². The van der Waals surface area contributed by atoms with Gasteiger partial charge in [0.1, 0.15) is 22.9 Å². The molecule has 0 unspecified atom stereocenters. The fraction of sp³-hybridized carbons (Fsp3) is 0. The number of nitrogen functional groups attached to an aromatic ring is 1. The van der Waals surface area contributed by atoms with E-state index in [1.807, 2.05) is 42.5 Å². The van der Waals surface area contributed by atoms with E-state index >= 15 is 0 Å². The van der Waals surface area contributed by atoms with Gasteiger partial charge in [0.15, 0.2) is 5.82 Å². The van der Waals surface area contributed by atoms with Gasteiger partial charge in [0.2, 0.25) is 0 Å². The number of anilines is 3. The second-order valence-corrected chi connectivity index (χ2v) is 6.32. The summed E-state index contributed by atoms with van der Waals surface area (Å²) in [4.78, 5) is 13.8. The largest absolute Gasteiger partial charge is 0.394 e. The summed E-state index contributed by atoms with van der Waals surface area (Å²) in [5.74, 6) is 1.22. The zero-order valence-electron chi connectivity index (χ0n) is 11.4. The van der Waals surface area contributed by atoms with Gasteiger partial charge < -0.3 is 11.1 Å². The number of nitrogens with zero attached hydrogens (tertiary/aromatic N) is 3. The Bertz CT molecular complexity index is 765. The predicted octanol–water partition coefficient (Wildman–Crippen LogP) is 4.11. The first-order chi connectivity index (χ1) is 10.7. The Kier molecular flexibility index (Phi) is 4.55. The molecular formula is C15H12BrN5S. The standard InChI is InChI=1S/C15H12BrN5S/c16-10-6-7-12(18-8-10)21-14-13(17)15(20-9-19-14)22-11-4-2-1-3-5-11/h1-9H,17H2,(H,18,19,20,21). The highest BCUT2D eigenvalue weighted by atomic mass is 79.9. The number of aromatic nitrogens is 3. The van der Waals surface area contributed by atoms with Crippen LogP contribution in [0.15, 0.2) is 69.4 Å². The molecule has 0 saturated heterocycles. The van der Waals surface area contributed by atoms with E-state index in [0.29, 0.717) is 22.3 Å². The summed E-state index contributed by atoms with van der Waals surface area (Å²) in [7, 11) is 0. The highest BCUT2D eigenvalue weighted by Crippen LogP contribution is 2.33. The molecule has 2 heterocycles. The van der Waals surface area contributed by atoms with Gasteiger partial charge in [-0.3, -0.25) is 0 Å². The molecule has 0 bridgehead atoms. The molecule has 3 aromatic rings. The first-order valence-electron chi connectivity index (χ1n) is 6.44. The summed E-state index contributed by atoms with van der Waals surface area (Å²) in [6.45, 7) is 0. The van der Waals surface area contributed by atoms with Gasteiger partial charge in [-0.15, -0.1) is 0 Å². The number of pyridine rings is 1. The molecule has 3 rings (SSSR count). The fourth-order valence-electron chi connectivity index (χ4n) is 1.73. The maximum absolute atomic E-state index is 6.16. The Balaban J connectivity index is 1.84. The quantitative estimate of drug-likeness (QED) is 0.670. The Morgan fingerprint density at radius 2 is 1.82 bits per heavy atom. The van der Waals surface area contributed by atoms with Crippen molar-refractivity contribution in [2.24, 2.45) is 0 Å². The van der Waals surface area contributed by atoms with Gasteiger partial charge >= 0.3 is 0 Å². The Morgan fingerprint density at radius 1 is 1.00 bits per heavy atom. The Morgan fingerprint density at radius 3 is 2.55 bits per heavy atom. The number of benzene rings is 1. The van der Waals surface area contributed by atoms with Crippen molar-refractivity contribution in [3.63, 3.8) is 0 Å². The van der Waals surface area contributed by atoms with Crippen LogP contribution in [0.1, 0.15) is 0 Å². The molecule has 0 aliphatic heterocycles. The molecule has 0 saturated carbocycles. The van der Waals surface area contributed by atoms with Crippen molar-refractivity contribution in [3.8, 4) is 0 Å². The molecule has 2 aromatic heterocycles. The molecule has 0 aliphatic rings. The van der Waals surface area contributed by atoms with Crippen LogP contribution in [0.4, 0.5) is 17.3 Å². The third kappa shape index (κ3) is 3.55. The molecule has 3 N–H and O–H groups in total. The van der Waals surface area contributed by atoms with Gasteiger partial charge in [-0.2, -0.15) is 0 Å². The van der Waals surface area contributed by atoms with E-state index in [4.69, 9.17) is 5.73 Å². The van der Waals surface area contributed by atoms with Gasteiger partial charge in [0.25, 0.3) is 0 Å². The SMILES string of the molecule is Nc1c(Nc2ccc(Br)cn2)ncnc1Sc1ccccc1. The normalized spacial score (nSPS) is 10.4. The van der Waals surface area contributed by atoms with Crippen molar-refractivity contribution in [2.45, 2.75) is 9.92 Å². The summed E-state index contributed by atoms with van der Waals surface area (Å²) in [5, 5.41) is 3.81. The van der Waals surface area contributed by atoms with Gasteiger partial charge in [0, 0.05) is 15.6 Å². The summed E-state index contributed by atoms with van der Waals surface area (Å²) >= 11 is 4.85. The van der Waals surface area contributed by atoms with Crippen molar-refractivity contribution < 1.29 is 0 Å². The second-order valence-electron chi connectivity index (χ2n) is 4.34. The maximum Gasteiger partial charge on any atom is 0.159 e. The predicted molar refractivity (Wildman–Crippen MR) is 92.2 cm³/mol. The first-order valence-corrected chi connectivity index (χ1v) is 8.05. The van der Waals surface area contributed by atoms with E-state index < -0.39 is 0 Å². The minimum Gasteiger partial charge on any atom is -0.394 e. The third-order valence-electron chi connectivity index (χ3n) is 2.78. The van der Waals surface area contributed by atoms with E-state index in [9.17, 15) is 0 Å². The fourth-order valence-corrected chi connectivity index (χ4v) is 2.79. The second kappa shape index (κ2) is 6.76. The topological polar surface area (TPSA) is 76.7 Å². The molecule has 22 heavy (non-hydrogen) atoms. The molecular weight excluding hydrogens is 362 g/mol. The summed E-state index contributed by atoms with van der Waals surface area (Å²) in [6, 6.07) is 13.7. The highest BCUT2D eigenvalue weighted by Gasteiger charge is 2.10. The number of nitrogens with two attached hydrogens (primary N) is 1. The van der Waals surface area contributed by atoms with E-state index in [2.05, 4.69) is 36.2 Å². The Labute approximate surface area is 140 Å². The van der Waals surface area contributed by atoms with Gasteiger partial charge in [-0.05, 0) is 40.2 Å².